The van der Waals surface area contributed by atoms with Crippen LogP contribution in [-0.4, -0.2) is 63.7 Å². The van der Waals surface area contributed by atoms with Crippen LogP contribution in [0.3, 0.4) is 0 Å². The van der Waals surface area contributed by atoms with E-state index in [0.29, 0.717) is 18.9 Å². The first-order valence-corrected chi connectivity index (χ1v) is 8.86. The Morgan fingerprint density at radius 3 is 2.70 bits per heavy atom. The summed E-state index contributed by atoms with van der Waals surface area (Å²) in [7, 11) is -0.301. The fourth-order valence-electron chi connectivity index (χ4n) is 2.82. The van der Waals surface area contributed by atoms with Crippen LogP contribution in [0.2, 0.25) is 0 Å². The van der Waals surface area contributed by atoms with E-state index in [1.807, 2.05) is 10.8 Å². The highest BCUT2D eigenvalue weighted by molar-refractivity contribution is 7.86. The Morgan fingerprint density at radius 2 is 2.00 bits per heavy atom. The number of imidazole rings is 1. The van der Waals surface area contributed by atoms with E-state index < -0.39 is 10.2 Å². The summed E-state index contributed by atoms with van der Waals surface area (Å²) in [6.45, 7) is 0.957. The van der Waals surface area contributed by atoms with Gasteiger partial charge in [0.1, 0.15) is 6.33 Å². The number of hydrogen-bond acceptors (Lipinski definition) is 5. The van der Waals surface area contributed by atoms with Crippen LogP contribution in [0.1, 0.15) is 24.5 Å². The Bertz CT molecular complexity index is 759. The Morgan fingerprint density at radius 1 is 1.22 bits per heavy atom. The quantitative estimate of drug-likeness (QED) is 0.818. The molecule has 1 fully saturated rings. The Kier molecular flexibility index (Phi) is 4.42. The van der Waals surface area contributed by atoms with E-state index in [1.165, 1.54) is 8.61 Å². The van der Waals surface area contributed by atoms with E-state index >= 15 is 0 Å². The summed E-state index contributed by atoms with van der Waals surface area (Å²) in [5.74, 6) is 0.726. The molecule has 23 heavy (non-hydrogen) atoms. The third kappa shape index (κ3) is 3.12. The van der Waals surface area contributed by atoms with Crippen molar-refractivity contribution in [1.82, 2.24) is 28.1 Å². The van der Waals surface area contributed by atoms with Gasteiger partial charge < -0.3 is 0 Å². The van der Waals surface area contributed by atoms with E-state index in [0.717, 1.165) is 18.5 Å². The SMILES string of the molecule is CN(C)S(=O)(=O)N1CCCC(c2nccnc2-n2ccnc2)C1. The minimum absolute atomic E-state index is 0.0181. The zero-order valence-corrected chi connectivity index (χ0v) is 14.0. The number of rotatable bonds is 4. The van der Waals surface area contributed by atoms with Crippen molar-refractivity contribution in [3.05, 3.63) is 36.8 Å². The third-order valence-electron chi connectivity index (χ3n) is 4.01. The number of nitrogens with zero attached hydrogens (tertiary/aromatic N) is 6. The highest BCUT2D eigenvalue weighted by Gasteiger charge is 2.32. The van der Waals surface area contributed by atoms with Crippen LogP contribution in [0.15, 0.2) is 31.1 Å². The minimum Gasteiger partial charge on any atom is -0.289 e. The second-order valence-corrected chi connectivity index (χ2v) is 7.86. The summed E-state index contributed by atoms with van der Waals surface area (Å²) >= 11 is 0. The molecule has 124 valence electrons. The molecule has 1 aliphatic heterocycles. The van der Waals surface area contributed by atoms with Crippen molar-refractivity contribution in [2.75, 3.05) is 27.2 Å². The molecule has 1 unspecified atom stereocenters. The monoisotopic (exact) mass is 336 g/mol. The van der Waals surface area contributed by atoms with Gasteiger partial charge in [0.2, 0.25) is 0 Å². The van der Waals surface area contributed by atoms with Gasteiger partial charge in [-0.2, -0.15) is 17.0 Å². The molecule has 1 atom stereocenters. The fraction of sp³-hybridized carbons (Fsp3) is 0.500. The van der Waals surface area contributed by atoms with Gasteiger partial charge in [-0.3, -0.25) is 9.55 Å². The summed E-state index contributed by atoms with van der Waals surface area (Å²) in [4.78, 5) is 12.9. The van der Waals surface area contributed by atoms with Gasteiger partial charge in [0, 0.05) is 57.9 Å². The average Bonchev–Trinajstić information content (AvgIpc) is 3.09. The molecule has 0 spiro atoms. The van der Waals surface area contributed by atoms with Crippen molar-refractivity contribution < 1.29 is 8.42 Å². The molecule has 1 saturated heterocycles. The first kappa shape index (κ1) is 16.0. The van der Waals surface area contributed by atoms with Crippen molar-refractivity contribution in [3.8, 4) is 5.82 Å². The molecule has 0 radical (unpaired) electrons. The van der Waals surface area contributed by atoms with Crippen molar-refractivity contribution in [1.29, 1.82) is 0 Å². The van der Waals surface area contributed by atoms with Gasteiger partial charge in [-0.15, -0.1) is 0 Å². The second kappa shape index (κ2) is 6.34. The molecule has 3 heterocycles. The standard InChI is InChI=1S/C14H20N6O2S/c1-18(2)23(21,22)20-8-3-4-12(10-20)13-14(17-6-5-16-13)19-9-7-15-11-19/h5-7,9,11-12H,3-4,8,10H2,1-2H3. The van der Waals surface area contributed by atoms with Crippen molar-refractivity contribution in [2.45, 2.75) is 18.8 Å². The first-order chi connectivity index (χ1) is 11.0. The van der Waals surface area contributed by atoms with Gasteiger partial charge in [0.05, 0.1) is 5.69 Å². The van der Waals surface area contributed by atoms with Gasteiger partial charge in [0.15, 0.2) is 5.82 Å². The van der Waals surface area contributed by atoms with Crippen LogP contribution < -0.4 is 0 Å². The first-order valence-electron chi connectivity index (χ1n) is 7.47. The van der Waals surface area contributed by atoms with Crippen LogP contribution in [0.4, 0.5) is 0 Å². The Labute approximate surface area is 136 Å². The number of aromatic nitrogens is 4. The smallest absolute Gasteiger partial charge is 0.281 e. The molecule has 2 aromatic rings. The van der Waals surface area contributed by atoms with Gasteiger partial charge in [-0.25, -0.2) is 9.97 Å². The Hall–Kier alpha value is -1.84. The topological polar surface area (TPSA) is 84.2 Å². The molecule has 0 aliphatic carbocycles. The van der Waals surface area contributed by atoms with Gasteiger partial charge in [-0.1, -0.05) is 0 Å². The van der Waals surface area contributed by atoms with Crippen LogP contribution in [0.25, 0.3) is 5.82 Å². The predicted octanol–water partition coefficient (Wildman–Crippen LogP) is 0.648. The molecule has 0 bridgehead atoms. The summed E-state index contributed by atoms with van der Waals surface area (Å²) in [5, 5.41) is 0. The lowest BCUT2D eigenvalue weighted by Crippen LogP contribution is -2.45. The minimum atomic E-state index is -3.41. The van der Waals surface area contributed by atoms with Crippen molar-refractivity contribution >= 4 is 10.2 Å². The molecular weight excluding hydrogens is 316 g/mol. The summed E-state index contributed by atoms with van der Waals surface area (Å²) < 4.78 is 29.3. The van der Waals surface area contributed by atoms with E-state index in [-0.39, 0.29) is 5.92 Å². The molecule has 0 amide bonds. The van der Waals surface area contributed by atoms with Crippen LogP contribution in [0, 0.1) is 0 Å². The molecule has 9 heteroatoms. The van der Waals surface area contributed by atoms with Gasteiger partial charge in [-0.05, 0) is 12.8 Å². The Balaban J connectivity index is 1.91. The largest absolute Gasteiger partial charge is 0.289 e. The molecule has 0 saturated carbocycles. The molecule has 0 N–H and O–H groups in total. The average molecular weight is 336 g/mol. The highest BCUT2D eigenvalue weighted by Crippen LogP contribution is 2.30. The predicted molar refractivity (Wildman–Crippen MR) is 85.3 cm³/mol. The van der Waals surface area contributed by atoms with E-state index in [1.54, 1.807) is 39.0 Å². The molecule has 8 nitrogen and oxygen atoms in total. The zero-order chi connectivity index (χ0) is 16.4. The number of piperidine rings is 1. The lowest BCUT2D eigenvalue weighted by molar-refractivity contribution is 0.295. The summed E-state index contributed by atoms with van der Waals surface area (Å²) in [5.41, 5.74) is 0.809. The molecule has 3 rings (SSSR count). The summed E-state index contributed by atoms with van der Waals surface area (Å²) in [6.07, 6.45) is 10.1. The molecule has 2 aromatic heterocycles. The zero-order valence-electron chi connectivity index (χ0n) is 13.2. The van der Waals surface area contributed by atoms with E-state index in [4.69, 9.17) is 0 Å². The lowest BCUT2D eigenvalue weighted by atomic mass is 9.95. The molecule has 1 aliphatic rings. The lowest BCUT2D eigenvalue weighted by Gasteiger charge is -2.33. The highest BCUT2D eigenvalue weighted by atomic mass is 32.2. The normalized spacial score (nSPS) is 20.0. The van der Waals surface area contributed by atoms with Gasteiger partial charge in [0.25, 0.3) is 10.2 Å². The third-order valence-corrected chi connectivity index (χ3v) is 5.92. The second-order valence-electron chi connectivity index (χ2n) is 5.72. The summed E-state index contributed by atoms with van der Waals surface area (Å²) in [6, 6.07) is 0. The maximum atomic E-state index is 12.4. The van der Waals surface area contributed by atoms with E-state index in [9.17, 15) is 8.42 Å². The fourth-order valence-corrected chi connectivity index (χ4v) is 4.01. The maximum Gasteiger partial charge on any atom is 0.281 e. The maximum absolute atomic E-state index is 12.4. The van der Waals surface area contributed by atoms with Crippen molar-refractivity contribution in [3.63, 3.8) is 0 Å². The molecule has 0 aromatic carbocycles. The van der Waals surface area contributed by atoms with Crippen LogP contribution >= 0.6 is 0 Å². The van der Waals surface area contributed by atoms with E-state index in [2.05, 4.69) is 15.0 Å². The van der Waals surface area contributed by atoms with Crippen molar-refractivity contribution in [2.24, 2.45) is 0 Å². The number of hydrogen-bond donors (Lipinski definition) is 0. The van der Waals surface area contributed by atoms with Crippen LogP contribution in [0.5, 0.6) is 0 Å². The van der Waals surface area contributed by atoms with Crippen LogP contribution in [-0.2, 0) is 10.2 Å². The molecular formula is C14H20N6O2S. The van der Waals surface area contributed by atoms with Gasteiger partial charge >= 0.3 is 0 Å².